The number of ether oxygens (including phenoxy) is 3. The predicted octanol–water partition coefficient (Wildman–Crippen LogP) is 17.0. The number of esters is 3. The number of allylic oxidation sites excluding steroid dienone is 18. The Kier molecular flexibility index (Phi) is 52.5. The van der Waals surface area contributed by atoms with Gasteiger partial charge in [0.15, 0.2) is 6.10 Å². The van der Waals surface area contributed by atoms with Crippen LogP contribution in [0.1, 0.15) is 226 Å². The first-order chi connectivity index (χ1) is 36.2. The standard InChI is InChI=1S/C62H103O11P/c1-4-7-10-13-16-19-22-25-28-29-32-33-36-39-42-45-48-51-60(64)69-55-59(73-62(66)53-50-47-44-41-38-35-31-27-24-21-18-15-12-9-6-3)57-71-74(67,68)70-56-58(54-63)72-61(65)52-49-46-43-40-37-34-30-26-23-20-17-14-11-8-5-2/h7,9-10,12,16,18-19,21,25,27-28,31-33,38-39,41-42,58-59,63H,4-6,8,11,13-15,17,20,22-24,26,29-30,34-37,40,43-57H2,1-3H3,(H,67,68)/b10-7-,12-9-,19-16-,21-18-,28-25-,31-27-,33-32-,41-38-,42-39-. The van der Waals surface area contributed by atoms with Gasteiger partial charge in [-0.25, -0.2) is 4.57 Å². The van der Waals surface area contributed by atoms with E-state index in [-0.39, 0.29) is 25.9 Å². The minimum atomic E-state index is -4.78. The number of hydrogen-bond acceptors (Lipinski definition) is 10. The van der Waals surface area contributed by atoms with Gasteiger partial charge in [-0.3, -0.25) is 23.4 Å². The van der Waals surface area contributed by atoms with Gasteiger partial charge in [0.1, 0.15) is 12.7 Å². The molecule has 0 aliphatic carbocycles. The van der Waals surface area contributed by atoms with Gasteiger partial charge in [-0.1, -0.05) is 220 Å². The van der Waals surface area contributed by atoms with E-state index in [1.807, 2.05) is 6.08 Å². The van der Waals surface area contributed by atoms with Crippen molar-refractivity contribution in [2.75, 3.05) is 26.4 Å². The van der Waals surface area contributed by atoms with E-state index in [0.717, 1.165) is 89.9 Å². The second-order valence-corrected chi connectivity index (χ2v) is 20.1. The zero-order valence-corrected chi connectivity index (χ0v) is 47.4. The van der Waals surface area contributed by atoms with Crippen molar-refractivity contribution < 1.29 is 52.2 Å². The third-order valence-corrected chi connectivity index (χ3v) is 12.6. The third kappa shape index (κ3) is 53.0. The maximum absolute atomic E-state index is 12.9. The molecule has 422 valence electrons. The summed E-state index contributed by atoms with van der Waals surface area (Å²) < 4.78 is 39.4. The molecule has 0 spiro atoms. The highest BCUT2D eigenvalue weighted by molar-refractivity contribution is 7.47. The third-order valence-electron chi connectivity index (χ3n) is 11.7. The summed E-state index contributed by atoms with van der Waals surface area (Å²) in [5, 5.41) is 9.82. The summed E-state index contributed by atoms with van der Waals surface area (Å²) in [6, 6.07) is 0. The van der Waals surface area contributed by atoms with Crippen LogP contribution in [0.2, 0.25) is 0 Å². The van der Waals surface area contributed by atoms with Crippen molar-refractivity contribution in [3.63, 3.8) is 0 Å². The summed E-state index contributed by atoms with van der Waals surface area (Å²) in [4.78, 5) is 48.5. The lowest BCUT2D eigenvalue weighted by molar-refractivity contribution is -0.161. The van der Waals surface area contributed by atoms with Crippen LogP contribution in [0.5, 0.6) is 0 Å². The molecule has 0 aliphatic rings. The first-order valence-corrected chi connectivity index (χ1v) is 30.3. The number of rotatable bonds is 52. The van der Waals surface area contributed by atoms with Crippen molar-refractivity contribution in [2.24, 2.45) is 0 Å². The van der Waals surface area contributed by atoms with Crippen LogP contribution < -0.4 is 0 Å². The summed E-state index contributed by atoms with van der Waals surface area (Å²) in [6.07, 6.45) is 66.3. The lowest BCUT2D eigenvalue weighted by atomic mass is 10.0. The van der Waals surface area contributed by atoms with Gasteiger partial charge in [-0.15, -0.1) is 0 Å². The van der Waals surface area contributed by atoms with Crippen LogP contribution in [0.4, 0.5) is 0 Å². The van der Waals surface area contributed by atoms with E-state index in [9.17, 15) is 28.9 Å². The molecule has 0 radical (unpaired) electrons. The molecule has 0 aromatic carbocycles. The molecular formula is C62H103O11P. The fourth-order valence-electron chi connectivity index (χ4n) is 7.38. The maximum atomic E-state index is 12.9. The van der Waals surface area contributed by atoms with Crippen molar-refractivity contribution in [1.82, 2.24) is 0 Å². The van der Waals surface area contributed by atoms with Crippen LogP contribution in [0.25, 0.3) is 0 Å². The number of hydrogen-bond donors (Lipinski definition) is 2. The largest absolute Gasteiger partial charge is 0.472 e. The first-order valence-electron chi connectivity index (χ1n) is 28.8. The van der Waals surface area contributed by atoms with E-state index in [1.54, 1.807) is 0 Å². The van der Waals surface area contributed by atoms with Crippen molar-refractivity contribution in [3.8, 4) is 0 Å². The number of phosphoric ester groups is 1. The van der Waals surface area contributed by atoms with Crippen LogP contribution >= 0.6 is 7.82 Å². The molecule has 2 N–H and O–H groups in total. The molecule has 3 unspecified atom stereocenters. The summed E-state index contributed by atoms with van der Waals surface area (Å²) in [5.41, 5.74) is 0. The van der Waals surface area contributed by atoms with Crippen LogP contribution in [0.3, 0.4) is 0 Å². The Labute approximate surface area is 450 Å². The average Bonchev–Trinajstić information content (AvgIpc) is 3.39. The zero-order chi connectivity index (χ0) is 54.1. The molecule has 3 atom stereocenters. The highest BCUT2D eigenvalue weighted by Crippen LogP contribution is 2.43. The molecule has 0 saturated heterocycles. The Morgan fingerprint density at radius 1 is 0.392 bits per heavy atom. The quantitative estimate of drug-likeness (QED) is 0.0197. The molecule has 0 amide bonds. The predicted molar refractivity (Wildman–Crippen MR) is 307 cm³/mol. The molecule has 0 saturated carbocycles. The molecular weight excluding hydrogens is 952 g/mol. The topological polar surface area (TPSA) is 155 Å². The van der Waals surface area contributed by atoms with Gasteiger partial charge < -0.3 is 24.2 Å². The average molecular weight is 1060 g/mol. The van der Waals surface area contributed by atoms with E-state index in [0.29, 0.717) is 25.7 Å². The molecule has 0 aromatic rings. The van der Waals surface area contributed by atoms with Crippen molar-refractivity contribution in [1.29, 1.82) is 0 Å². The van der Waals surface area contributed by atoms with E-state index in [2.05, 4.69) is 124 Å². The van der Waals surface area contributed by atoms with Crippen LogP contribution in [0.15, 0.2) is 109 Å². The highest BCUT2D eigenvalue weighted by Gasteiger charge is 2.28. The Morgan fingerprint density at radius 3 is 1.12 bits per heavy atom. The monoisotopic (exact) mass is 1050 g/mol. The molecule has 0 bridgehead atoms. The van der Waals surface area contributed by atoms with Gasteiger partial charge >= 0.3 is 25.7 Å². The number of aliphatic hydroxyl groups is 1. The van der Waals surface area contributed by atoms with Gasteiger partial charge in [0, 0.05) is 19.3 Å². The molecule has 0 aromatic heterocycles. The van der Waals surface area contributed by atoms with Crippen LogP contribution in [-0.4, -0.2) is 66.5 Å². The fraction of sp³-hybridized carbons (Fsp3) is 0.661. The van der Waals surface area contributed by atoms with Gasteiger partial charge in [0.25, 0.3) is 0 Å². The Balaban J connectivity index is 4.85. The number of unbranched alkanes of at least 4 members (excludes halogenated alkanes) is 17. The Morgan fingerprint density at radius 2 is 0.716 bits per heavy atom. The molecule has 74 heavy (non-hydrogen) atoms. The summed E-state index contributed by atoms with van der Waals surface area (Å²) >= 11 is 0. The number of carbonyl (C=O) groups is 3. The maximum Gasteiger partial charge on any atom is 0.472 e. The van der Waals surface area contributed by atoms with Gasteiger partial charge in [0.2, 0.25) is 0 Å². The van der Waals surface area contributed by atoms with Crippen LogP contribution in [0, 0.1) is 0 Å². The molecule has 0 fully saturated rings. The normalized spacial score (nSPS) is 14.2. The lowest BCUT2D eigenvalue weighted by Gasteiger charge is -2.21. The lowest BCUT2D eigenvalue weighted by Crippen LogP contribution is -2.30. The minimum Gasteiger partial charge on any atom is -0.462 e. The molecule has 0 rings (SSSR count). The van der Waals surface area contributed by atoms with Crippen LogP contribution in [-0.2, 0) is 42.2 Å². The summed E-state index contributed by atoms with van der Waals surface area (Å²) in [7, 11) is -4.78. The molecule has 0 aliphatic heterocycles. The Hall–Kier alpha value is -3.86. The number of aliphatic hydroxyl groups excluding tert-OH is 1. The van der Waals surface area contributed by atoms with E-state index in [1.165, 1.54) is 70.6 Å². The first kappa shape index (κ1) is 70.1. The molecule has 12 heteroatoms. The van der Waals surface area contributed by atoms with Crippen molar-refractivity contribution in [3.05, 3.63) is 109 Å². The van der Waals surface area contributed by atoms with Gasteiger partial charge in [0.05, 0.1) is 19.8 Å². The molecule has 0 heterocycles. The van der Waals surface area contributed by atoms with E-state index in [4.69, 9.17) is 23.3 Å². The SMILES string of the molecule is CC/C=C\C/C=C\C/C=C\C/C=C\C/C=C\CCCC(=O)OCC(COP(=O)(O)OCC(CO)OC(=O)CCCCCCCCCCCCCCCCC)OC(=O)CCCC/C=C\C/C=C\C/C=C\C/C=C\CC. The molecule has 11 nitrogen and oxygen atoms in total. The van der Waals surface area contributed by atoms with E-state index >= 15 is 0 Å². The Bertz CT molecular complexity index is 1660. The zero-order valence-electron chi connectivity index (χ0n) is 46.5. The second-order valence-electron chi connectivity index (χ2n) is 18.7. The fourth-order valence-corrected chi connectivity index (χ4v) is 8.17. The van der Waals surface area contributed by atoms with E-state index < -0.39 is 57.8 Å². The van der Waals surface area contributed by atoms with Gasteiger partial charge in [-0.2, -0.15) is 0 Å². The summed E-state index contributed by atoms with van der Waals surface area (Å²) in [5.74, 6) is -1.59. The number of phosphoric acid groups is 1. The van der Waals surface area contributed by atoms with Crippen molar-refractivity contribution in [2.45, 2.75) is 238 Å². The van der Waals surface area contributed by atoms with Crippen molar-refractivity contribution >= 4 is 25.7 Å². The summed E-state index contributed by atoms with van der Waals surface area (Å²) in [6.45, 7) is 4.30. The van der Waals surface area contributed by atoms with Gasteiger partial charge in [-0.05, 0) is 96.3 Å². The number of carbonyl (C=O) groups excluding carboxylic acids is 3. The second kappa shape index (κ2) is 55.4. The minimum absolute atomic E-state index is 0.0987. The highest BCUT2D eigenvalue weighted by atomic mass is 31.2. The smallest absolute Gasteiger partial charge is 0.462 e.